The molecule has 5 nitrogen and oxygen atoms in total. The van der Waals surface area contributed by atoms with Crippen molar-refractivity contribution in [2.45, 2.75) is 19.8 Å². The van der Waals surface area contributed by atoms with Crippen LogP contribution in [0.15, 0.2) is 45.8 Å². The highest BCUT2D eigenvalue weighted by Gasteiger charge is 2.14. The molecule has 0 aliphatic heterocycles. The summed E-state index contributed by atoms with van der Waals surface area (Å²) in [5, 5.41) is 0. The average molecular weight is 264 g/mol. The molecule has 2 rings (SSSR count). The van der Waals surface area contributed by atoms with Gasteiger partial charge >= 0.3 is 5.97 Å². The van der Waals surface area contributed by atoms with E-state index < -0.39 is 0 Å². The van der Waals surface area contributed by atoms with Gasteiger partial charge in [0.25, 0.3) is 0 Å². The van der Waals surface area contributed by atoms with Crippen LogP contribution in [0.5, 0.6) is 0 Å². The minimum Gasteiger partial charge on any atom is -0.473 e. The molecule has 0 aliphatic rings. The van der Waals surface area contributed by atoms with Crippen molar-refractivity contribution in [3.63, 3.8) is 0 Å². The van der Waals surface area contributed by atoms with E-state index in [4.69, 9.17) is 4.42 Å². The Bertz CT molecular complexity index is 478. The number of hydrogen-bond acceptors (Lipinski definition) is 5. The number of Topliss-reactive ketones (excluding diaryl/α,β-unsaturated/α-hetero) is 1. The second kappa shape index (κ2) is 7.92. The highest BCUT2D eigenvalue weighted by Crippen LogP contribution is 2.12. The van der Waals surface area contributed by atoms with E-state index in [1.807, 2.05) is 12.1 Å². The summed E-state index contributed by atoms with van der Waals surface area (Å²) in [4.78, 5) is 22.2. The number of esters is 1. The third kappa shape index (κ3) is 5.25. The zero-order valence-electron chi connectivity index (χ0n) is 10.9. The van der Waals surface area contributed by atoms with Crippen molar-refractivity contribution in [2.75, 3.05) is 7.11 Å². The van der Waals surface area contributed by atoms with Gasteiger partial charge in [0.2, 0.25) is 0 Å². The summed E-state index contributed by atoms with van der Waals surface area (Å²) in [5.74, 6) is -0.227. The van der Waals surface area contributed by atoms with E-state index in [9.17, 15) is 9.59 Å². The van der Waals surface area contributed by atoms with Gasteiger partial charge < -0.3 is 13.6 Å². The molecule has 2 aromatic rings. The molecule has 0 atom stereocenters. The zero-order valence-corrected chi connectivity index (χ0v) is 10.9. The summed E-state index contributed by atoms with van der Waals surface area (Å²) in [7, 11) is 1.30. The Balaban J connectivity index is 0.000000300. The van der Waals surface area contributed by atoms with Crippen molar-refractivity contribution in [1.29, 1.82) is 0 Å². The molecule has 0 fully saturated rings. The lowest BCUT2D eigenvalue weighted by Crippen LogP contribution is -2.06. The summed E-state index contributed by atoms with van der Waals surface area (Å²) < 4.78 is 14.0. The van der Waals surface area contributed by atoms with Crippen LogP contribution in [-0.2, 0) is 9.53 Å². The highest BCUT2D eigenvalue weighted by atomic mass is 16.5. The number of rotatable bonds is 4. The van der Waals surface area contributed by atoms with Crippen LogP contribution in [0, 0.1) is 6.92 Å². The Labute approximate surface area is 111 Å². The first-order chi connectivity index (χ1) is 9.15. The standard InChI is InChI=1S/C10H12O4.C4H4O/c1-7-5-6-14-10(7)8(11)3-4-9(12)13-2;1-2-4-5-3-1/h5-6H,3-4H2,1-2H3;1-4H. The van der Waals surface area contributed by atoms with Crippen LogP contribution < -0.4 is 0 Å². The van der Waals surface area contributed by atoms with Crippen LogP contribution in [0.1, 0.15) is 29.0 Å². The first kappa shape index (κ1) is 14.8. The lowest BCUT2D eigenvalue weighted by molar-refractivity contribution is -0.140. The minimum absolute atomic E-state index is 0.0927. The quantitative estimate of drug-likeness (QED) is 0.627. The van der Waals surface area contributed by atoms with Crippen LogP contribution in [0.3, 0.4) is 0 Å². The molecule has 0 bridgehead atoms. The Hall–Kier alpha value is -2.30. The van der Waals surface area contributed by atoms with Gasteiger partial charge in [0, 0.05) is 6.42 Å². The minimum atomic E-state index is -0.387. The van der Waals surface area contributed by atoms with Crippen molar-refractivity contribution in [3.8, 4) is 0 Å². The van der Waals surface area contributed by atoms with Gasteiger partial charge in [-0.05, 0) is 30.7 Å². The van der Waals surface area contributed by atoms with Gasteiger partial charge in [-0.2, -0.15) is 0 Å². The van der Waals surface area contributed by atoms with Crippen molar-refractivity contribution in [2.24, 2.45) is 0 Å². The molecule has 0 saturated heterocycles. The smallest absolute Gasteiger partial charge is 0.305 e. The lowest BCUT2D eigenvalue weighted by atomic mass is 10.1. The lowest BCUT2D eigenvalue weighted by Gasteiger charge is -1.98. The Morgan fingerprint density at radius 3 is 2.26 bits per heavy atom. The molecule has 0 saturated carbocycles. The molecular formula is C14H16O5. The number of carbonyl (C=O) groups is 2. The van der Waals surface area contributed by atoms with Crippen LogP contribution in [0.25, 0.3) is 0 Å². The molecule has 0 N–H and O–H groups in total. The largest absolute Gasteiger partial charge is 0.473 e. The fourth-order valence-electron chi connectivity index (χ4n) is 1.32. The maximum Gasteiger partial charge on any atom is 0.305 e. The predicted octanol–water partition coefficient (Wildman–Crippen LogP) is 3.00. The Morgan fingerprint density at radius 1 is 1.16 bits per heavy atom. The molecule has 0 aromatic carbocycles. The molecule has 2 aromatic heterocycles. The van der Waals surface area contributed by atoms with Crippen LogP contribution >= 0.6 is 0 Å². The van der Waals surface area contributed by atoms with Gasteiger partial charge in [0.15, 0.2) is 11.5 Å². The van der Waals surface area contributed by atoms with Crippen LogP contribution in [0.2, 0.25) is 0 Å². The van der Waals surface area contributed by atoms with E-state index in [0.717, 1.165) is 5.56 Å². The molecule has 0 unspecified atom stereocenters. The first-order valence-electron chi connectivity index (χ1n) is 5.76. The van der Waals surface area contributed by atoms with E-state index in [1.54, 1.807) is 25.5 Å². The third-order valence-corrected chi connectivity index (χ3v) is 2.32. The second-order valence-corrected chi connectivity index (χ2v) is 3.73. The van der Waals surface area contributed by atoms with Crippen molar-refractivity contribution < 1.29 is 23.2 Å². The second-order valence-electron chi connectivity index (χ2n) is 3.73. The van der Waals surface area contributed by atoms with Crippen LogP contribution in [0.4, 0.5) is 0 Å². The van der Waals surface area contributed by atoms with E-state index in [0.29, 0.717) is 5.76 Å². The molecular weight excluding hydrogens is 248 g/mol. The molecule has 0 spiro atoms. The van der Waals surface area contributed by atoms with Crippen molar-refractivity contribution in [3.05, 3.63) is 48.3 Å². The number of methoxy groups -OCH3 is 1. The number of ketones is 1. The van der Waals surface area contributed by atoms with Crippen molar-refractivity contribution in [1.82, 2.24) is 0 Å². The molecule has 0 radical (unpaired) electrons. The first-order valence-corrected chi connectivity index (χ1v) is 5.76. The molecule has 2 heterocycles. The fourth-order valence-corrected chi connectivity index (χ4v) is 1.32. The Morgan fingerprint density at radius 2 is 1.84 bits per heavy atom. The summed E-state index contributed by atoms with van der Waals surface area (Å²) in [5.41, 5.74) is 0.792. The topological polar surface area (TPSA) is 69.7 Å². The van der Waals surface area contributed by atoms with Crippen molar-refractivity contribution >= 4 is 11.8 Å². The third-order valence-electron chi connectivity index (χ3n) is 2.32. The maximum absolute atomic E-state index is 11.4. The number of hydrogen-bond donors (Lipinski definition) is 0. The predicted molar refractivity (Wildman–Crippen MR) is 67.7 cm³/mol. The maximum atomic E-state index is 11.4. The highest BCUT2D eigenvalue weighted by molar-refractivity contribution is 5.96. The molecule has 0 amide bonds. The Kier molecular flexibility index (Phi) is 6.15. The van der Waals surface area contributed by atoms with Gasteiger partial charge in [0.05, 0.1) is 32.3 Å². The number of furan rings is 2. The number of ether oxygens (including phenoxy) is 1. The van der Waals surface area contributed by atoms with E-state index in [2.05, 4.69) is 9.15 Å². The summed E-state index contributed by atoms with van der Waals surface area (Å²) in [6, 6.07) is 5.38. The van der Waals surface area contributed by atoms with Gasteiger partial charge in [0.1, 0.15) is 0 Å². The SMILES string of the molecule is COC(=O)CCC(=O)c1occc1C.c1ccoc1. The average Bonchev–Trinajstić information content (AvgIpc) is 3.09. The molecule has 5 heteroatoms. The van der Waals surface area contributed by atoms with Gasteiger partial charge in [-0.15, -0.1) is 0 Å². The van der Waals surface area contributed by atoms with E-state index in [-0.39, 0.29) is 24.6 Å². The fraction of sp³-hybridized carbons (Fsp3) is 0.286. The van der Waals surface area contributed by atoms with E-state index >= 15 is 0 Å². The molecule has 102 valence electrons. The van der Waals surface area contributed by atoms with Crippen LogP contribution in [-0.4, -0.2) is 18.9 Å². The van der Waals surface area contributed by atoms with Gasteiger partial charge in [-0.25, -0.2) is 0 Å². The monoisotopic (exact) mass is 264 g/mol. The summed E-state index contributed by atoms with van der Waals surface area (Å²) >= 11 is 0. The zero-order chi connectivity index (χ0) is 14.1. The number of carbonyl (C=O) groups excluding carboxylic acids is 2. The summed E-state index contributed by atoms with van der Waals surface area (Å²) in [6.07, 6.45) is 4.93. The van der Waals surface area contributed by atoms with E-state index in [1.165, 1.54) is 13.4 Å². The normalized spacial score (nSPS) is 9.37. The summed E-state index contributed by atoms with van der Waals surface area (Å²) in [6.45, 7) is 1.79. The van der Waals surface area contributed by atoms with Gasteiger partial charge in [-0.3, -0.25) is 9.59 Å². The van der Waals surface area contributed by atoms with Gasteiger partial charge in [-0.1, -0.05) is 0 Å². The number of aryl methyl sites for hydroxylation is 1. The molecule has 0 aliphatic carbocycles. The molecule has 19 heavy (non-hydrogen) atoms.